The summed E-state index contributed by atoms with van der Waals surface area (Å²) in [5, 5.41) is 9.38. The van der Waals surface area contributed by atoms with E-state index in [-0.39, 0.29) is 16.5 Å². The van der Waals surface area contributed by atoms with E-state index >= 15 is 0 Å². The smallest absolute Gasteiger partial charge is 0.242 e. The average molecular weight is 332 g/mol. The molecule has 0 amide bonds. The number of halogens is 1. The first-order valence-corrected chi connectivity index (χ1v) is 9.12. The van der Waals surface area contributed by atoms with Crippen molar-refractivity contribution in [1.82, 2.24) is 4.31 Å². The van der Waals surface area contributed by atoms with Gasteiger partial charge in [0.2, 0.25) is 10.0 Å². The third kappa shape index (κ3) is 3.97. The van der Waals surface area contributed by atoms with Crippen LogP contribution in [0.25, 0.3) is 0 Å². The maximum absolute atomic E-state index is 12.6. The monoisotopic (exact) mass is 331 g/mol. The quantitative estimate of drug-likeness (QED) is 0.902. The van der Waals surface area contributed by atoms with E-state index in [1.807, 2.05) is 0 Å². The van der Waals surface area contributed by atoms with Gasteiger partial charge in [-0.25, -0.2) is 12.7 Å². The molecule has 1 N–H and O–H groups in total. The van der Waals surface area contributed by atoms with Gasteiger partial charge in [0.15, 0.2) is 0 Å². The highest BCUT2D eigenvalue weighted by Crippen LogP contribution is 2.27. The van der Waals surface area contributed by atoms with Gasteiger partial charge < -0.3 is 5.11 Å². The Morgan fingerprint density at radius 2 is 1.95 bits per heavy atom. The summed E-state index contributed by atoms with van der Waals surface area (Å²) in [6, 6.07) is 4.48. The zero-order valence-electron chi connectivity index (χ0n) is 12.3. The summed E-state index contributed by atoms with van der Waals surface area (Å²) in [6.45, 7) is 0.360. The minimum absolute atomic E-state index is 0.183. The lowest BCUT2D eigenvalue weighted by Gasteiger charge is -2.26. The summed E-state index contributed by atoms with van der Waals surface area (Å²) in [5.41, 5.74) is 0.533. The van der Waals surface area contributed by atoms with Crippen molar-refractivity contribution in [3.8, 4) is 0 Å². The standard InChI is InChI=1S/C15H22ClNO3S/c1-17(10-12-5-3-2-4-6-12)21(19,20)14-8-7-13(11-18)15(16)9-14/h7-9,12,18H,2-6,10-11H2,1H3. The molecule has 1 saturated carbocycles. The minimum atomic E-state index is -3.52. The van der Waals surface area contributed by atoms with Gasteiger partial charge in [-0.3, -0.25) is 0 Å². The van der Waals surface area contributed by atoms with E-state index in [0.717, 1.165) is 12.8 Å². The Morgan fingerprint density at radius 1 is 1.29 bits per heavy atom. The van der Waals surface area contributed by atoms with Crippen LogP contribution in [0.1, 0.15) is 37.7 Å². The Labute approximate surface area is 131 Å². The first-order valence-electron chi connectivity index (χ1n) is 7.31. The summed E-state index contributed by atoms with van der Waals surface area (Å²) in [4.78, 5) is 0.183. The van der Waals surface area contributed by atoms with Gasteiger partial charge >= 0.3 is 0 Å². The number of aliphatic hydroxyl groups is 1. The third-order valence-corrected chi connectivity index (χ3v) is 6.31. The van der Waals surface area contributed by atoms with Crippen LogP contribution in [0.5, 0.6) is 0 Å². The van der Waals surface area contributed by atoms with Crippen LogP contribution in [0, 0.1) is 5.92 Å². The normalized spacial score (nSPS) is 17.3. The lowest BCUT2D eigenvalue weighted by Crippen LogP contribution is -2.32. The molecule has 4 nitrogen and oxygen atoms in total. The fourth-order valence-electron chi connectivity index (χ4n) is 2.83. The second-order valence-electron chi connectivity index (χ2n) is 5.70. The molecular formula is C15H22ClNO3S. The molecule has 0 heterocycles. The lowest BCUT2D eigenvalue weighted by molar-refractivity contribution is 0.282. The highest BCUT2D eigenvalue weighted by atomic mass is 35.5. The zero-order chi connectivity index (χ0) is 15.5. The Balaban J connectivity index is 2.14. The molecular weight excluding hydrogens is 310 g/mol. The molecule has 0 aliphatic heterocycles. The number of nitrogens with zero attached hydrogens (tertiary/aromatic N) is 1. The second kappa shape index (κ2) is 7.09. The van der Waals surface area contributed by atoms with Gasteiger partial charge in [-0.2, -0.15) is 0 Å². The van der Waals surface area contributed by atoms with E-state index in [2.05, 4.69) is 0 Å². The Morgan fingerprint density at radius 3 is 2.52 bits per heavy atom. The molecule has 0 bridgehead atoms. The van der Waals surface area contributed by atoms with Crippen LogP contribution in [-0.4, -0.2) is 31.4 Å². The molecule has 0 atom stereocenters. The zero-order valence-corrected chi connectivity index (χ0v) is 13.8. The third-order valence-electron chi connectivity index (χ3n) is 4.14. The van der Waals surface area contributed by atoms with E-state index in [1.54, 1.807) is 13.1 Å². The van der Waals surface area contributed by atoms with Crippen LogP contribution in [0.4, 0.5) is 0 Å². The second-order valence-corrected chi connectivity index (χ2v) is 8.15. The van der Waals surface area contributed by atoms with E-state index < -0.39 is 10.0 Å². The molecule has 21 heavy (non-hydrogen) atoms. The van der Waals surface area contributed by atoms with Crippen LogP contribution in [0.2, 0.25) is 5.02 Å². The van der Waals surface area contributed by atoms with Crippen LogP contribution in [0.15, 0.2) is 23.1 Å². The first kappa shape index (κ1) is 16.7. The lowest BCUT2D eigenvalue weighted by atomic mass is 9.89. The average Bonchev–Trinajstić information content (AvgIpc) is 2.48. The van der Waals surface area contributed by atoms with E-state index in [4.69, 9.17) is 16.7 Å². The molecule has 0 spiro atoms. The largest absolute Gasteiger partial charge is 0.392 e. The summed E-state index contributed by atoms with van der Waals surface area (Å²) in [6.07, 6.45) is 5.84. The Bertz CT molecular complexity index is 583. The maximum atomic E-state index is 12.6. The van der Waals surface area contributed by atoms with Gasteiger partial charge in [-0.15, -0.1) is 0 Å². The van der Waals surface area contributed by atoms with Crippen molar-refractivity contribution < 1.29 is 13.5 Å². The topological polar surface area (TPSA) is 57.6 Å². The van der Waals surface area contributed by atoms with Crippen LogP contribution < -0.4 is 0 Å². The molecule has 0 unspecified atom stereocenters. The molecule has 1 aromatic rings. The molecule has 0 saturated heterocycles. The predicted octanol–water partition coefficient (Wildman–Crippen LogP) is 3.03. The number of hydrogen-bond donors (Lipinski definition) is 1. The van der Waals surface area contributed by atoms with E-state index in [9.17, 15) is 8.42 Å². The van der Waals surface area contributed by atoms with Gasteiger partial charge in [-0.1, -0.05) is 36.9 Å². The van der Waals surface area contributed by atoms with Crippen LogP contribution in [-0.2, 0) is 16.6 Å². The van der Waals surface area contributed by atoms with Crippen LogP contribution >= 0.6 is 11.6 Å². The molecule has 0 aromatic heterocycles. The number of rotatable bonds is 5. The molecule has 0 radical (unpaired) electrons. The number of benzene rings is 1. The molecule has 1 aromatic carbocycles. The van der Waals surface area contributed by atoms with Crippen molar-refractivity contribution >= 4 is 21.6 Å². The van der Waals surface area contributed by atoms with Gasteiger partial charge in [0, 0.05) is 18.6 Å². The highest BCUT2D eigenvalue weighted by molar-refractivity contribution is 7.89. The number of aliphatic hydroxyl groups excluding tert-OH is 1. The number of sulfonamides is 1. The molecule has 6 heteroatoms. The molecule has 1 aliphatic rings. The summed E-state index contributed by atoms with van der Waals surface area (Å²) in [7, 11) is -1.90. The van der Waals surface area contributed by atoms with Gasteiger partial charge in [0.1, 0.15) is 0 Å². The SMILES string of the molecule is CN(CC1CCCCC1)S(=O)(=O)c1ccc(CO)c(Cl)c1. The summed E-state index contributed by atoms with van der Waals surface area (Å²) in [5.74, 6) is 0.450. The van der Waals surface area contributed by atoms with Gasteiger partial charge in [0.25, 0.3) is 0 Å². The van der Waals surface area contributed by atoms with Crippen molar-refractivity contribution in [1.29, 1.82) is 0 Å². The first-order chi connectivity index (χ1) is 9.95. The Kier molecular flexibility index (Phi) is 5.66. The van der Waals surface area contributed by atoms with Crippen molar-refractivity contribution in [3.63, 3.8) is 0 Å². The number of hydrogen-bond acceptors (Lipinski definition) is 3. The fraction of sp³-hybridized carbons (Fsp3) is 0.600. The van der Waals surface area contributed by atoms with Crippen LogP contribution in [0.3, 0.4) is 0 Å². The summed E-state index contributed by atoms with van der Waals surface area (Å²) < 4.78 is 26.5. The fourth-order valence-corrected chi connectivity index (χ4v) is 4.41. The highest BCUT2D eigenvalue weighted by Gasteiger charge is 2.25. The molecule has 2 rings (SSSR count). The van der Waals surface area contributed by atoms with Crippen molar-refractivity contribution in [2.24, 2.45) is 5.92 Å². The van der Waals surface area contributed by atoms with Gasteiger partial charge in [-0.05, 0) is 36.5 Å². The molecule has 1 aliphatic carbocycles. The predicted molar refractivity (Wildman–Crippen MR) is 83.8 cm³/mol. The van der Waals surface area contributed by atoms with Crippen molar-refractivity contribution in [3.05, 3.63) is 28.8 Å². The van der Waals surface area contributed by atoms with Crippen molar-refractivity contribution in [2.45, 2.75) is 43.6 Å². The molecule has 1 fully saturated rings. The summed E-state index contributed by atoms with van der Waals surface area (Å²) >= 11 is 5.99. The van der Waals surface area contributed by atoms with E-state index in [0.29, 0.717) is 18.0 Å². The van der Waals surface area contributed by atoms with Crippen molar-refractivity contribution in [2.75, 3.05) is 13.6 Å². The Hall–Kier alpha value is -0.620. The van der Waals surface area contributed by atoms with Gasteiger partial charge in [0.05, 0.1) is 11.5 Å². The minimum Gasteiger partial charge on any atom is -0.392 e. The van der Waals surface area contributed by atoms with E-state index in [1.165, 1.54) is 35.7 Å². The molecule has 118 valence electrons. The maximum Gasteiger partial charge on any atom is 0.242 e.